The zero-order chi connectivity index (χ0) is 12.7. The Bertz CT molecular complexity index is 586. The Morgan fingerprint density at radius 3 is 2.94 bits per heavy atom. The zero-order valence-corrected chi connectivity index (χ0v) is 11.8. The molecule has 3 rings (SSSR count). The van der Waals surface area contributed by atoms with Crippen LogP contribution in [0.3, 0.4) is 0 Å². The molecular formula is C13H11BrFNOS. The van der Waals surface area contributed by atoms with Gasteiger partial charge < -0.3 is 10.5 Å². The Labute approximate surface area is 117 Å². The van der Waals surface area contributed by atoms with E-state index in [4.69, 9.17) is 10.5 Å². The van der Waals surface area contributed by atoms with Crippen LogP contribution in [0.25, 0.3) is 0 Å². The van der Waals surface area contributed by atoms with E-state index in [9.17, 15) is 4.39 Å². The molecule has 2 heterocycles. The van der Waals surface area contributed by atoms with Crippen LogP contribution in [0.5, 0.6) is 5.75 Å². The first kappa shape index (κ1) is 12.1. The summed E-state index contributed by atoms with van der Waals surface area (Å²) in [6.07, 6.45) is 0.622. The first-order valence-corrected chi connectivity index (χ1v) is 7.26. The van der Waals surface area contributed by atoms with Gasteiger partial charge in [-0.1, -0.05) is 6.07 Å². The molecule has 2 N–H and O–H groups in total. The third-order valence-corrected chi connectivity index (χ3v) is 4.80. The lowest BCUT2D eigenvalue weighted by atomic mass is 9.96. The quantitative estimate of drug-likeness (QED) is 0.853. The molecule has 18 heavy (non-hydrogen) atoms. The van der Waals surface area contributed by atoms with Crippen molar-refractivity contribution in [1.29, 1.82) is 0 Å². The van der Waals surface area contributed by atoms with Gasteiger partial charge in [-0.3, -0.25) is 0 Å². The van der Waals surface area contributed by atoms with Crippen molar-refractivity contribution in [3.63, 3.8) is 0 Å². The second-order valence-electron chi connectivity index (χ2n) is 4.30. The normalized spacial score (nSPS) is 22.4. The van der Waals surface area contributed by atoms with Crippen molar-refractivity contribution in [1.82, 2.24) is 0 Å². The van der Waals surface area contributed by atoms with Crippen molar-refractivity contribution >= 4 is 27.3 Å². The smallest absolute Gasteiger partial charge is 0.135 e. The first-order valence-electron chi connectivity index (χ1n) is 5.59. The van der Waals surface area contributed by atoms with Crippen LogP contribution < -0.4 is 10.5 Å². The SMILES string of the molecule is N[C@@H]1CC(c2cc(Br)cs2)Oc2cc(F)ccc21. The van der Waals surface area contributed by atoms with Gasteiger partial charge in [-0.05, 0) is 28.1 Å². The Morgan fingerprint density at radius 2 is 2.22 bits per heavy atom. The van der Waals surface area contributed by atoms with Gasteiger partial charge in [0.2, 0.25) is 0 Å². The summed E-state index contributed by atoms with van der Waals surface area (Å²) in [7, 11) is 0. The Hall–Kier alpha value is -0.910. The third-order valence-electron chi connectivity index (χ3n) is 3.02. The molecule has 5 heteroatoms. The summed E-state index contributed by atoms with van der Waals surface area (Å²) >= 11 is 5.04. The van der Waals surface area contributed by atoms with Gasteiger partial charge in [0.25, 0.3) is 0 Å². The average Bonchev–Trinajstić information content (AvgIpc) is 2.75. The monoisotopic (exact) mass is 327 g/mol. The lowest BCUT2D eigenvalue weighted by molar-refractivity contribution is 0.164. The molecule has 2 atom stereocenters. The van der Waals surface area contributed by atoms with E-state index in [1.807, 2.05) is 11.4 Å². The van der Waals surface area contributed by atoms with Crippen LogP contribution in [0.1, 0.15) is 29.0 Å². The first-order chi connectivity index (χ1) is 8.63. The molecular weight excluding hydrogens is 317 g/mol. The molecule has 1 aliphatic heterocycles. The van der Waals surface area contributed by atoms with Crippen molar-refractivity contribution in [3.05, 3.63) is 50.4 Å². The Kier molecular flexibility index (Phi) is 3.13. The van der Waals surface area contributed by atoms with Gasteiger partial charge in [0.05, 0.1) is 0 Å². The summed E-state index contributed by atoms with van der Waals surface area (Å²) in [5.41, 5.74) is 7.00. The van der Waals surface area contributed by atoms with Crippen LogP contribution in [0, 0.1) is 5.82 Å². The largest absolute Gasteiger partial charge is 0.484 e. The van der Waals surface area contributed by atoms with Gasteiger partial charge in [-0.2, -0.15) is 0 Å². The van der Waals surface area contributed by atoms with Crippen LogP contribution in [0.2, 0.25) is 0 Å². The van der Waals surface area contributed by atoms with E-state index in [0.717, 1.165) is 14.9 Å². The second-order valence-corrected chi connectivity index (χ2v) is 6.16. The van der Waals surface area contributed by atoms with Gasteiger partial charge >= 0.3 is 0 Å². The molecule has 2 aromatic rings. The van der Waals surface area contributed by atoms with Crippen molar-refractivity contribution in [2.24, 2.45) is 5.73 Å². The van der Waals surface area contributed by atoms with E-state index in [2.05, 4.69) is 15.9 Å². The average molecular weight is 328 g/mol. The Morgan fingerprint density at radius 1 is 1.39 bits per heavy atom. The number of ether oxygens (including phenoxy) is 1. The number of hydrogen-bond acceptors (Lipinski definition) is 3. The summed E-state index contributed by atoms with van der Waals surface area (Å²) in [4.78, 5) is 1.10. The second kappa shape index (κ2) is 4.64. The summed E-state index contributed by atoms with van der Waals surface area (Å²) in [6.45, 7) is 0. The summed E-state index contributed by atoms with van der Waals surface area (Å²) in [5, 5.41) is 2.01. The highest BCUT2D eigenvalue weighted by Gasteiger charge is 2.28. The molecule has 0 amide bonds. The van der Waals surface area contributed by atoms with Crippen LogP contribution in [0.15, 0.2) is 34.1 Å². The highest BCUT2D eigenvalue weighted by Crippen LogP contribution is 2.41. The van der Waals surface area contributed by atoms with Crippen molar-refractivity contribution in [2.75, 3.05) is 0 Å². The number of benzene rings is 1. The molecule has 1 aromatic heterocycles. The number of hydrogen-bond donors (Lipinski definition) is 1. The fraction of sp³-hybridized carbons (Fsp3) is 0.231. The predicted octanol–water partition coefficient (Wildman–Crippen LogP) is 4.17. The van der Waals surface area contributed by atoms with Crippen LogP contribution >= 0.6 is 27.3 Å². The minimum absolute atomic E-state index is 0.0920. The molecule has 0 spiro atoms. The van der Waals surface area contributed by atoms with E-state index >= 15 is 0 Å². The standard InChI is InChI=1S/C13H11BrFNOS/c14-7-3-13(18-6-7)12-5-10(16)9-2-1-8(15)4-11(9)17-12/h1-4,6,10,12H,5,16H2/t10-,12?/m1/s1. The Balaban J connectivity index is 1.95. The van der Waals surface area contributed by atoms with Gasteiger partial charge in [-0.15, -0.1) is 11.3 Å². The maximum Gasteiger partial charge on any atom is 0.135 e. The molecule has 0 aliphatic carbocycles. The third kappa shape index (κ3) is 2.18. The fourth-order valence-corrected chi connectivity index (χ4v) is 3.63. The maximum absolute atomic E-state index is 13.2. The molecule has 0 radical (unpaired) electrons. The summed E-state index contributed by atoms with van der Waals surface area (Å²) < 4.78 is 20.1. The van der Waals surface area contributed by atoms with Gasteiger partial charge in [0, 0.05) is 38.8 Å². The van der Waals surface area contributed by atoms with E-state index in [1.165, 1.54) is 12.1 Å². The summed E-state index contributed by atoms with van der Waals surface area (Å²) in [5.74, 6) is 0.261. The minimum atomic E-state index is -0.297. The molecule has 1 unspecified atom stereocenters. The molecule has 0 bridgehead atoms. The molecule has 0 saturated carbocycles. The zero-order valence-electron chi connectivity index (χ0n) is 9.40. The van der Waals surface area contributed by atoms with Gasteiger partial charge in [-0.25, -0.2) is 4.39 Å². The number of halogens is 2. The lowest BCUT2D eigenvalue weighted by Gasteiger charge is -2.29. The summed E-state index contributed by atoms with van der Waals surface area (Å²) in [6, 6.07) is 6.44. The van der Waals surface area contributed by atoms with Crippen LogP contribution in [-0.2, 0) is 0 Å². The molecule has 0 saturated heterocycles. The van der Waals surface area contributed by atoms with Crippen molar-refractivity contribution < 1.29 is 9.13 Å². The number of thiophene rings is 1. The van der Waals surface area contributed by atoms with Gasteiger partial charge in [0.1, 0.15) is 17.7 Å². The number of nitrogens with two attached hydrogens (primary N) is 1. The molecule has 2 nitrogen and oxygen atoms in total. The van der Waals surface area contributed by atoms with Crippen LogP contribution in [0.4, 0.5) is 4.39 Å². The highest BCUT2D eigenvalue weighted by atomic mass is 79.9. The fourth-order valence-electron chi connectivity index (χ4n) is 2.15. The van der Waals surface area contributed by atoms with Crippen molar-refractivity contribution in [3.8, 4) is 5.75 Å². The van der Waals surface area contributed by atoms with E-state index in [1.54, 1.807) is 17.4 Å². The van der Waals surface area contributed by atoms with E-state index < -0.39 is 0 Å². The van der Waals surface area contributed by atoms with Gasteiger partial charge in [0.15, 0.2) is 0 Å². The number of rotatable bonds is 1. The van der Waals surface area contributed by atoms with Crippen LogP contribution in [-0.4, -0.2) is 0 Å². The molecule has 0 fully saturated rings. The van der Waals surface area contributed by atoms with Crippen molar-refractivity contribution in [2.45, 2.75) is 18.6 Å². The topological polar surface area (TPSA) is 35.2 Å². The lowest BCUT2D eigenvalue weighted by Crippen LogP contribution is -2.23. The minimum Gasteiger partial charge on any atom is -0.484 e. The highest BCUT2D eigenvalue weighted by molar-refractivity contribution is 9.10. The molecule has 1 aliphatic rings. The van der Waals surface area contributed by atoms with E-state index in [0.29, 0.717) is 12.2 Å². The predicted molar refractivity (Wildman–Crippen MR) is 73.3 cm³/mol. The maximum atomic E-state index is 13.2. The number of fused-ring (bicyclic) bond motifs is 1. The molecule has 1 aromatic carbocycles. The van der Waals surface area contributed by atoms with E-state index in [-0.39, 0.29) is 18.0 Å². The molecule has 94 valence electrons.